The fourth-order valence-corrected chi connectivity index (χ4v) is 1.96. The second kappa shape index (κ2) is 6.08. The van der Waals surface area contributed by atoms with E-state index in [4.69, 9.17) is 4.74 Å². The molecule has 0 aliphatic rings. The van der Waals surface area contributed by atoms with Crippen molar-refractivity contribution in [2.24, 2.45) is 5.92 Å². The number of rotatable bonds is 5. The van der Waals surface area contributed by atoms with E-state index in [0.717, 1.165) is 12.1 Å². The number of carbonyl (C=O) groups excluding carboxylic acids is 1. The highest BCUT2D eigenvalue weighted by Gasteiger charge is 2.32. The fourth-order valence-electron chi connectivity index (χ4n) is 1.96. The standard InChI is InChI=1S/C14H17F3O2/c1-4-9(5-2)13(18)11-8-10(14(15,16)17)6-7-12(11)19-3/h6-9H,4-5H2,1-3H3. The fraction of sp³-hybridized carbons (Fsp3) is 0.500. The molecule has 0 heterocycles. The molecule has 0 unspecified atom stereocenters. The maximum absolute atomic E-state index is 12.7. The molecule has 1 aromatic carbocycles. The summed E-state index contributed by atoms with van der Waals surface area (Å²) < 4.78 is 43.0. The molecule has 0 atom stereocenters. The van der Waals surface area contributed by atoms with Crippen LogP contribution in [0.25, 0.3) is 0 Å². The van der Waals surface area contributed by atoms with E-state index in [1.165, 1.54) is 13.2 Å². The summed E-state index contributed by atoms with van der Waals surface area (Å²) in [5.74, 6) is -0.393. The predicted molar refractivity (Wildman–Crippen MR) is 66.4 cm³/mol. The largest absolute Gasteiger partial charge is 0.496 e. The van der Waals surface area contributed by atoms with E-state index in [2.05, 4.69) is 0 Å². The minimum absolute atomic E-state index is 0.00558. The molecule has 0 aliphatic heterocycles. The molecule has 0 spiro atoms. The first-order valence-corrected chi connectivity index (χ1v) is 6.14. The minimum atomic E-state index is -4.46. The average molecular weight is 274 g/mol. The Kier molecular flexibility index (Phi) is 4.97. The molecule has 1 aromatic rings. The average Bonchev–Trinajstić information content (AvgIpc) is 2.38. The molecule has 0 bridgehead atoms. The van der Waals surface area contributed by atoms with E-state index in [-0.39, 0.29) is 23.0 Å². The van der Waals surface area contributed by atoms with E-state index in [9.17, 15) is 18.0 Å². The molecule has 19 heavy (non-hydrogen) atoms. The van der Waals surface area contributed by atoms with E-state index in [1.54, 1.807) is 0 Å². The maximum Gasteiger partial charge on any atom is 0.416 e. The molecule has 0 radical (unpaired) electrons. The molecule has 106 valence electrons. The highest BCUT2D eigenvalue weighted by Crippen LogP contribution is 2.33. The van der Waals surface area contributed by atoms with Crippen molar-refractivity contribution < 1.29 is 22.7 Å². The molecule has 5 heteroatoms. The van der Waals surface area contributed by atoms with Crippen molar-refractivity contribution in [2.75, 3.05) is 7.11 Å². The second-order valence-electron chi connectivity index (χ2n) is 4.29. The molecule has 0 saturated carbocycles. The molecule has 0 amide bonds. The Hall–Kier alpha value is -1.52. The predicted octanol–water partition coefficient (Wildman–Crippen LogP) is 4.33. The van der Waals surface area contributed by atoms with Gasteiger partial charge < -0.3 is 4.74 Å². The van der Waals surface area contributed by atoms with Crippen LogP contribution in [-0.4, -0.2) is 12.9 Å². The number of methoxy groups -OCH3 is 1. The first-order chi connectivity index (χ1) is 8.85. The van der Waals surface area contributed by atoms with Crippen molar-refractivity contribution in [2.45, 2.75) is 32.9 Å². The highest BCUT2D eigenvalue weighted by atomic mass is 19.4. The van der Waals surface area contributed by atoms with Crippen LogP contribution in [0.4, 0.5) is 13.2 Å². The Morgan fingerprint density at radius 1 is 1.26 bits per heavy atom. The Bertz CT molecular complexity index is 448. The van der Waals surface area contributed by atoms with E-state index in [0.29, 0.717) is 12.8 Å². The van der Waals surface area contributed by atoms with Gasteiger partial charge in [0.05, 0.1) is 18.2 Å². The van der Waals surface area contributed by atoms with Crippen molar-refractivity contribution in [1.29, 1.82) is 0 Å². The zero-order valence-electron chi connectivity index (χ0n) is 11.2. The Balaban J connectivity index is 3.27. The number of halogens is 3. The summed E-state index contributed by atoms with van der Waals surface area (Å²) >= 11 is 0. The van der Waals surface area contributed by atoms with Gasteiger partial charge in [0.25, 0.3) is 0 Å². The van der Waals surface area contributed by atoms with E-state index >= 15 is 0 Å². The number of alkyl halides is 3. The number of ketones is 1. The van der Waals surface area contributed by atoms with Crippen LogP contribution in [0.1, 0.15) is 42.6 Å². The Labute approximate surface area is 110 Å². The van der Waals surface area contributed by atoms with Crippen molar-refractivity contribution in [3.63, 3.8) is 0 Å². The zero-order chi connectivity index (χ0) is 14.6. The van der Waals surface area contributed by atoms with Crippen LogP contribution in [0, 0.1) is 5.92 Å². The third kappa shape index (κ3) is 3.49. The smallest absolute Gasteiger partial charge is 0.416 e. The van der Waals surface area contributed by atoms with E-state index in [1.807, 2.05) is 13.8 Å². The van der Waals surface area contributed by atoms with Crippen LogP contribution in [-0.2, 0) is 6.18 Å². The van der Waals surface area contributed by atoms with Crippen molar-refractivity contribution in [1.82, 2.24) is 0 Å². The number of hydrogen-bond acceptors (Lipinski definition) is 2. The summed E-state index contributed by atoms with van der Waals surface area (Å²) in [7, 11) is 1.34. The minimum Gasteiger partial charge on any atom is -0.496 e. The summed E-state index contributed by atoms with van der Waals surface area (Å²) in [4.78, 5) is 12.2. The molecule has 0 aromatic heterocycles. The third-order valence-electron chi connectivity index (χ3n) is 3.15. The lowest BCUT2D eigenvalue weighted by molar-refractivity contribution is -0.137. The van der Waals surface area contributed by atoms with Crippen molar-refractivity contribution in [3.05, 3.63) is 29.3 Å². The molecule has 2 nitrogen and oxygen atoms in total. The van der Waals surface area contributed by atoms with Crippen LogP contribution in [0.15, 0.2) is 18.2 Å². The second-order valence-corrected chi connectivity index (χ2v) is 4.29. The Morgan fingerprint density at radius 3 is 2.26 bits per heavy atom. The van der Waals surface area contributed by atoms with Gasteiger partial charge in [0, 0.05) is 5.92 Å². The van der Waals surface area contributed by atoms with Crippen LogP contribution in [0.5, 0.6) is 5.75 Å². The summed E-state index contributed by atoms with van der Waals surface area (Å²) in [5.41, 5.74) is -0.825. The number of hydrogen-bond donors (Lipinski definition) is 0. The van der Waals surface area contributed by atoms with Gasteiger partial charge in [-0.1, -0.05) is 13.8 Å². The van der Waals surface area contributed by atoms with Crippen LogP contribution in [0.3, 0.4) is 0 Å². The van der Waals surface area contributed by atoms with Crippen LogP contribution >= 0.6 is 0 Å². The summed E-state index contributed by atoms with van der Waals surface area (Å²) in [5, 5.41) is 0. The molecule has 0 saturated heterocycles. The van der Waals surface area contributed by atoms with Crippen molar-refractivity contribution >= 4 is 5.78 Å². The first kappa shape index (κ1) is 15.5. The first-order valence-electron chi connectivity index (χ1n) is 6.14. The van der Waals surface area contributed by atoms with Gasteiger partial charge in [-0.05, 0) is 31.0 Å². The maximum atomic E-state index is 12.7. The summed E-state index contributed by atoms with van der Waals surface area (Å²) in [6.07, 6.45) is -3.28. The molecular weight excluding hydrogens is 257 g/mol. The Morgan fingerprint density at radius 2 is 1.84 bits per heavy atom. The monoisotopic (exact) mass is 274 g/mol. The zero-order valence-corrected chi connectivity index (χ0v) is 11.2. The number of ether oxygens (including phenoxy) is 1. The normalized spacial score (nSPS) is 11.7. The molecule has 1 rings (SSSR count). The van der Waals surface area contributed by atoms with Gasteiger partial charge in [-0.25, -0.2) is 0 Å². The lowest BCUT2D eigenvalue weighted by atomic mass is 9.91. The van der Waals surface area contributed by atoms with Gasteiger partial charge in [-0.3, -0.25) is 4.79 Å². The van der Waals surface area contributed by atoms with Gasteiger partial charge in [0.1, 0.15) is 5.75 Å². The van der Waals surface area contributed by atoms with E-state index < -0.39 is 11.7 Å². The van der Waals surface area contributed by atoms with Gasteiger partial charge >= 0.3 is 6.18 Å². The number of benzene rings is 1. The highest BCUT2D eigenvalue weighted by molar-refractivity contribution is 6.00. The SMILES string of the molecule is CCC(CC)C(=O)c1cc(C(F)(F)F)ccc1OC. The lowest BCUT2D eigenvalue weighted by Crippen LogP contribution is -2.16. The van der Waals surface area contributed by atoms with Gasteiger partial charge in [-0.2, -0.15) is 13.2 Å². The van der Waals surface area contributed by atoms with Gasteiger partial charge in [0.2, 0.25) is 0 Å². The number of carbonyl (C=O) groups is 1. The van der Waals surface area contributed by atoms with Crippen LogP contribution in [0.2, 0.25) is 0 Å². The van der Waals surface area contributed by atoms with Gasteiger partial charge in [0.15, 0.2) is 5.78 Å². The summed E-state index contributed by atoms with van der Waals surface area (Å²) in [6.45, 7) is 3.68. The van der Waals surface area contributed by atoms with Crippen molar-refractivity contribution in [3.8, 4) is 5.75 Å². The molecule has 0 aliphatic carbocycles. The third-order valence-corrected chi connectivity index (χ3v) is 3.15. The lowest BCUT2D eigenvalue weighted by Gasteiger charge is -2.16. The topological polar surface area (TPSA) is 26.3 Å². The van der Waals surface area contributed by atoms with Gasteiger partial charge in [-0.15, -0.1) is 0 Å². The van der Waals surface area contributed by atoms with Crippen LogP contribution < -0.4 is 4.74 Å². The molecule has 0 N–H and O–H groups in total. The quantitative estimate of drug-likeness (QED) is 0.747. The molecular formula is C14H17F3O2. The number of Topliss-reactive ketones (excluding diaryl/α,β-unsaturated/α-hetero) is 1. The summed E-state index contributed by atoms with van der Waals surface area (Å²) in [6, 6.07) is 2.99. The molecule has 0 fully saturated rings.